The van der Waals surface area contributed by atoms with Crippen LogP contribution in [0.25, 0.3) is 0 Å². The van der Waals surface area contributed by atoms with Crippen LogP contribution in [0, 0.1) is 0 Å². The minimum absolute atomic E-state index is 0.0164. The molecule has 0 aromatic rings. The second-order valence-electron chi connectivity index (χ2n) is 7.39. The number of likely N-dealkylation sites (N-methyl/N-ethyl adjacent to an activating group) is 1. The van der Waals surface area contributed by atoms with Gasteiger partial charge in [0.05, 0.1) is 7.05 Å². The van der Waals surface area contributed by atoms with Gasteiger partial charge in [0, 0.05) is 11.6 Å². The van der Waals surface area contributed by atoms with Crippen LogP contribution in [0.5, 0.6) is 0 Å². The number of hydrogen-bond donors (Lipinski definition) is 3. The zero-order valence-electron chi connectivity index (χ0n) is 14.2. The van der Waals surface area contributed by atoms with Crippen LogP contribution in [0.15, 0.2) is 0 Å². The topological polar surface area (TPSA) is 62.6 Å². The molecule has 1 aliphatic rings. The molecule has 1 fully saturated rings. The molecule has 5 heteroatoms. The van der Waals surface area contributed by atoms with Gasteiger partial charge < -0.3 is 15.5 Å². The van der Waals surface area contributed by atoms with Crippen LogP contribution in [0.4, 0.5) is 0 Å². The molecule has 0 saturated heterocycles. The first-order valence-corrected chi connectivity index (χ1v) is 8.13. The molecule has 0 spiro atoms. The van der Waals surface area contributed by atoms with E-state index < -0.39 is 0 Å². The lowest BCUT2D eigenvalue weighted by Gasteiger charge is -2.27. The highest BCUT2D eigenvalue weighted by Crippen LogP contribution is 2.17. The Hall–Kier alpha value is -1.10. The van der Waals surface area contributed by atoms with Crippen LogP contribution < -0.4 is 15.5 Å². The van der Waals surface area contributed by atoms with E-state index in [0.717, 1.165) is 17.7 Å². The van der Waals surface area contributed by atoms with E-state index >= 15 is 0 Å². The highest BCUT2D eigenvalue weighted by atomic mass is 16.2. The summed E-state index contributed by atoms with van der Waals surface area (Å²) in [4.78, 5) is 25.1. The third-order valence-electron chi connectivity index (χ3n) is 4.04. The number of carbonyl (C=O) groups excluding carboxylic acids is 2. The first-order valence-electron chi connectivity index (χ1n) is 8.13. The number of hydrogen-bond acceptors (Lipinski definition) is 2. The molecule has 0 radical (unpaired) electrons. The van der Waals surface area contributed by atoms with Crippen LogP contribution in [0.3, 0.4) is 0 Å². The molecule has 1 rings (SSSR count). The summed E-state index contributed by atoms with van der Waals surface area (Å²) in [5.74, 6) is 0.0419. The standard InChI is InChI=1S/C16H31N3O2/c1-12(15(21)17-13-9-7-6-8-10-13)19(5)11-14(20)18-16(2,3)4/h12-13H,6-11H2,1-5H3,(H,17,21)(H,18,20)/p+1/t12-/m1/s1. The van der Waals surface area contributed by atoms with E-state index in [1.807, 2.05) is 34.7 Å². The van der Waals surface area contributed by atoms with E-state index in [0.29, 0.717) is 12.6 Å². The lowest BCUT2D eigenvalue weighted by Crippen LogP contribution is -3.15. The van der Waals surface area contributed by atoms with Crippen LogP contribution in [0.2, 0.25) is 0 Å². The number of rotatable bonds is 5. The summed E-state index contributed by atoms with van der Waals surface area (Å²) in [6.07, 6.45) is 5.86. The fourth-order valence-corrected chi connectivity index (χ4v) is 2.67. The average Bonchev–Trinajstić information content (AvgIpc) is 2.36. The van der Waals surface area contributed by atoms with Gasteiger partial charge in [-0.25, -0.2) is 0 Å². The maximum absolute atomic E-state index is 12.3. The Balaban J connectivity index is 2.39. The SMILES string of the molecule is C[C@H](C(=O)NC1CCCCC1)[NH+](C)CC(=O)NC(C)(C)C. The maximum atomic E-state index is 12.3. The molecule has 21 heavy (non-hydrogen) atoms. The minimum atomic E-state index is -0.231. The van der Waals surface area contributed by atoms with E-state index in [1.54, 1.807) is 0 Å². The first kappa shape index (κ1) is 18.0. The predicted molar refractivity (Wildman–Crippen MR) is 84.1 cm³/mol. The van der Waals surface area contributed by atoms with Crippen molar-refractivity contribution >= 4 is 11.8 Å². The maximum Gasteiger partial charge on any atom is 0.278 e. The fraction of sp³-hybridized carbons (Fsp3) is 0.875. The smallest absolute Gasteiger partial charge is 0.278 e. The van der Waals surface area contributed by atoms with Gasteiger partial charge in [0.1, 0.15) is 0 Å². The quantitative estimate of drug-likeness (QED) is 0.681. The normalized spacial score (nSPS) is 19.7. The number of nitrogens with one attached hydrogen (secondary N) is 3. The summed E-state index contributed by atoms with van der Waals surface area (Å²) in [6.45, 7) is 8.08. The van der Waals surface area contributed by atoms with Crippen LogP contribution in [0.1, 0.15) is 59.8 Å². The molecule has 0 aromatic heterocycles. The third kappa shape index (κ3) is 6.93. The van der Waals surface area contributed by atoms with Gasteiger partial charge in [-0.15, -0.1) is 0 Å². The highest BCUT2D eigenvalue weighted by Gasteiger charge is 2.27. The summed E-state index contributed by atoms with van der Waals surface area (Å²) < 4.78 is 0. The van der Waals surface area contributed by atoms with Crippen molar-refractivity contribution in [1.29, 1.82) is 0 Å². The molecular weight excluding hydrogens is 266 g/mol. The van der Waals surface area contributed by atoms with Crippen LogP contribution in [-0.4, -0.2) is 43.0 Å². The Morgan fingerprint density at radius 2 is 1.76 bits per heavy atom. The van der Waals surface area contributed by atoms with Crippen LogP contribution in [-0.2, 0) is 9.59 Å². The van der Waals surface area contributed by atoms with Gasteiger partial charge in [-0.1, -0.05) is 19.3 Å². The predicted octanol–water partition coefficient (Wildman–Crippen LogP) is 0.253. The molecule has 1 saturated carbocycles. The van der Waals surface area contributed by atoms with E-state index in [-0.39, 0.29) is 23.4 Å². The molecular formula is C16H32N3O2+. The van der Waals surface area contributed by atoms with Crippen molar-refractivity contribution in [1.82, 2.24) is 10.6 Å². The third-order valence-corrected chi connectivity index (χ3v) is 4.04. The van der Waals surface area contributed by atoms with Crippen molar-refractivity contribution in [3.8, 4) is 0 Å². The minimum Gasteiger partial charge on any atom is -0.348 e. The van der Waals surface area contributed by atoms with E-state index in [9.17, 15) is 9.59 Å². The molecule has 2 atom stereocenters. The van der Waals surface area contributed by atoms with Crippen LogP contribution >= 0.6 is 0 Å². The Morgan fingerprint density at radius 1 is 1.19 bits per heavy atom. The Labute approximate surface area is 128 Å². The van der Waals surface area contributed by atoms with Crippen molar-refractivity contribution in [3.63, 3.8) is 0 Å². The van der Waals surface area contributed by atoms with Gasteiger partial charge in [0.2, 0.25) is 0 Å². The second-order valence-corrected chi connectivity index (χ2v) is 7.39. The Kier molecular flexibility index (Phi) is 6.65. The molecule has 0 heterocycles. The van der Waals surface area contributed by atoms with E-state index in [1.165, 1.54) is 19.3 Å². The molecule has 0 aliphatic heterocycles. The molecule has 2 amide bonds. The Morgan fingerprint density at radius 3 is 2.29 bits per heavy atom. The fourth-order valence-electron chi connectivity index (χ4n) is 2.67. The average molecular weight is 298 g/mol. The van der Waals surface area contributed by atoms with Gasteiger partial charge in [0.25, 0.3) is 11.8 Å². The summed E-state index contributed by atoms with van der Waals surface area (Å²) in [5.41, 5.74) is -0.231. The van der Waals surface area contributed by atoms with Gasteiger partial charge in [0.15, 0.2) is 12.6 Å². The molecule has 1 unspecified atom stereocenters. The van der Waals surface area contributed by atoms with Gasteiger partial charge in [-0.2, -0.15) is 0 Å². The summed E-state index contributed by atoms with van der Waals surface area (Å²) >= 11 is 0. The van der Waals surface area contributed by atoms with Crippen molar-refractivity contribution in [3.05, 3.63) is 0 Å². The largest absolute Gasteiger partial charge is 0.348 e. The van der Waals surface area contributed by atoms with Gasteiger partial charge in [-0.05, 0) is 40.5 Å². The van der Waals surface area contributed by atoms with Gasteiger partial charge >= 0.3 is 0 Å². The lowest BCUT2D eigenvalue weighted by atomic mass is 9.95. The summed E-state index contributed by atoms with van der Waals surface area (Å²) in [7, 11) is 1.90. The van der Waals surface area contributed by atoms with Gasteiger partial charge in [-0.3, -0.25) is 9.59 Å². The van der Waals surface area contributed by atoms with Crippen molar-refractivity contribution < 1.29 is 14.5 Å². The number of amides is 2. The molecule has 0 bridgehead atoms. The van der Waals surface area contributed by atoms with E-state index in [2.05, 4.69) is 10.6 Å². The molecule has 122 valence electrons. The molecule has 3 N–H and O–H groups in total. The summed E-state index contributed by atoms with van der Waals surface area (Å²) in [6, 6.07) is 0.113. The highest BCUT2D eigenvalue weighted by molar-refractivity contribution is 5.81. The lowest BCUT2D eigenvalue weighted by molar-refractivity contribution is -0.886. The van der Waals surface area contributed by atoms with Crippen molar-refractivity contribution in [2.45, 2.75) is 77.4 Å². The summed E-state index contributed by atoms with van der Waals surface area (Å²) in [5, 5.41) is 6.06. The first-order chi connectivity index (χ1) is 9.69. The second kappa shape index (κ2) is 7.78. The number of carbonyl (C=O) groups is 2. The molecule has 1 aliphatic carbocycles. The van der Waals surface area contributed by atoms with E-state index in [4.69, 9.17) is 0 Å². The zero-order chi connectivity index (χ0) is 16.0. The monoisotopic (exact) mass is 298 g/mol. The van der Waals surface area contributed by atoms with Crippen molar-refractivity contribution in [2.75, 3.05) is 13.6 Å². The zero-order valence-corrected chi connectivity index (χ0v) is 14.2. The number of quaternary nitrogens is 1. The Bertz CT molecular complexity index is 357. The van der Waals surface area contributed by atoms with Crippen molar-refractivity contribution in [2.24, 2.45) is 0 Å². The molecule has 0 aromatic carbocycles. The molecule has 5 nitrogen and oxygen atoms in total.